The zero-order valence-electron chi connectivity index (χ0n) is 3.30. The van der Waals surface area contributed by atoms with Crippen LogP contribution in [0.1, 0.15) is 0 Å². The maximum atomic E-state index is 8.56. The number of carboxylic acid groups (broad SMARTS) is 2. The molecule has 0 saturated heterocycles. The molecule has 0 aromatic heterocycles. The van der Waals surface area contributed by atoms with Crippen LogP contribution in [-0.4, -0.2) is 78.9 Å². The van der Waals surface area contributed by atoms with Crippen molar-refractivity contribution < 1.29 is 31.4 Å². The van der Waals surface area contributed by atoms with Gasteiger partial charge >= 0.3 is 52.3 Å². The lowest BCUT2D eigenvalue weighted by molar-refractivity contribution is 0.137. The van der Waals surface area contributed by atoms with Crippen molar-refractivity contribution in [3.05, 3.63) is 0 Å². The van der Waals surface area contributed by atoms with Crippen LogP contribution in [0.4, 0.5) is 4.79 Å². The largest absolute Gasteiger partial charge is 0.503 e. The van der Waals surface area contributed by atoms with Gasteiger partial charge in [-0.15, -0.1) is 0 Å². The van der Waals surface area contributed by atoms with Crippen LogP contribution < -0.4 is 0 Å². The van der Waals surface area contributed by atoms with Crippen LogP contribution in [0.25, 0.3) is 0 Å². The minimum absolute atomic E-state index is 0. The molecule has 0 heterocycles. The molecule has 0 aliphatic rings. The van der Waals surface area contributed by atoms with Gasteiger partial charge in [0, 0.05) is 0 Å². The highest BCUT2D eigenvalue weighted by atomic mass is 24.3. The Morgan fingerprint density at radius 3 is 0.889 bits per heavy atom. The third kappa shape index (κ3) is 832. The maximum Gasteiger partial charge on any atom is 0.503 e. The summed E-state index contributed by atoms with van der Waals surface area (Å²) in [5.41, 5.74) is 0. The van der Waals surface area contributed by atoms with E-state index in [0.717, 1.165) is 0 Å². The van der Waals surface area contributed by atoms with Crippen LogP contribution in [0.15, 0.2) is 0 Å². The minimum Gasteiger partial charge on any atom is -0.450 e. The van der Waals surface area contributed by atoms with E-state index in [1.54, 1.807) is 0 Å². The molecule has 0 aromatic carbocycles. The summed E-state index contributed by atoms with van der Waals surface area (Å²) in [6, 6.07) is 0. The Hall–Kier alpha value is 0.682. The molecule has 0 atom stereocenters. The SMILES string of the molecule is O.O.O.O=C(O)O.[MgH2].[MgH2]. The van der Waals surface area contributed by atoms with Gasteiger partial charge in [-0.25, -0.2) is 4.79 Å². The van der Waals surface area contributed by atoms with Crippen LogP contribution in [0, 0.1) is 0 Å². The van der Waals surface area contributed by atoms with Gasteiger partial charge < -0.3 is 26.6 Å². The molecule has 0 radical (unpaired) electrons. The highest BCUT2D eigenvalue weighted by molar-refractivity contribution is 5.76. The molecular formula is CH12Mg2O6. The molecule has 0 aliphatic heterocycles. The third-order valence-corrected chi connectivity index (χ3v) is 0. The highest BCUT2D eigenvalue weighted by Crippen LogP contribution is 1.42. The highest BCUT2D eigenvalue weighted by Gasteiger charge is 1.70. The molecule has 0 unspecified atom stereocenters. The van der Waals surface area contributed by atoms with Crippen LogP contribution in [0.2, 0.25) is 0 Å². The first-order chi connectivity index (χ1) is 1.73. The van der Waals surface area contributed by atoms with Crippen LogP contribution in [-0.2, 0) is 0 Å². The average molecular weight is 169 g/mol. The van der Waals surface area contributed by atoms with E-state index in [4.69, 9.17) is 15.0 Å². The monoisotopic (exact) mass is 168 g/mol. The van der Waals surface area contributed by atoms with E-state index >= 15 is 0 Å². The van der Waals surface area contributed by atoms with E-state index in [2.05, 4.69) is 0 Å². The fraction of sp³-hybridized carbons (Fsp3) is 0. The first-order valence-electron chi connectivity index (χ1n) is 0.651. The number of rotatable bonds is 0. The Labute approximate surface area is 83.5 Å². The summed E-state index contributed by atoms with van der Waals surface area (Å²) < 4.78 is 0. The van der Waals surface area contributed by atoms with Gasteiger partial charge in [0.15, 0.2) is 0 Å². The van der Waals surface area contributed by atoms with Crippen molar-refractivity contribution in [2.24, 2.45) is 0 Å². The van der Waals surface area contributed by atoms with Crippen molar-refractivity contribution in [2.75, 3.05) is 0 Å². The van der Waals surface area contributed by atoms with E-state index in [9.17, 15) is 0 Å². The van der Waals surface area contributed by atoms with E-state index in [0.29, 0.717) is 0 Å². The summed E-state index contributed by atoms with van der Waals surface area (Å²) in [6.45, 7) is 0. The van der Waals surface area contributed by atoms with E-state index in [1.807, 2.05) is 0 Å². The molecule has 0 aliphatic carbocycles. The first kappa shape index (κ1) is 53.8. The molecule has 0 amide bonds. The molecular weight excluding hydrogens is 157 g/mol. The molecule has 0 saturated carbocycles. The summed E-state index contributed by atoms with van der Waals surface area (Å²) >= 11 is 0. The Bertz CT molecular complexity index is 34.0. The molecule has 0 aromatic rings. The number of hydrogen-bond donors (Lipinski definition) is 2. The lowest BCUT2D eigenvalue weighted by Gasteiger charge is -1.60. The summed E-state index contributed by atoms with van der Waals surface area (Å²) in [4.78, 5) is 8.56. The fourth-order valence-corrected chi connectivity index (χ4v) is 0. The van der Waals surface area contributed by atoms with Crippen LogP contribution in [0.3, 0.4) is 0 Å². The zero-order valence-corrected chi connectivity index (χ0v) is 3.30. The molecule has 0 bridgehead atoms. The standard InChI is InChI=1S/CH2O3.2Mg.3H2O.4H/c2-1(3)4;;;;;;;;;/h(H2,2,3,4);;;3*1H2;;;;. The molecule has 0 rings (SSSR count). The smallest absolute Gasteiger partial charge is 0.450 e. The van der Waals surface area contributed by atoms with Gasteiger partial charge in [-0.1, -0.05) is 0 Å². The third-order valence-electron chi connectivity index (χ3n) is 0. The summed E-state index contributed by atoms with van der Waals surface area (Å²) in [5.74, 6) is 0. The fourth-order valence-electron chi connectivity index (χ4n) is 0. The van der Waals surface area contributed by atoms with Gasteiger partial charge in [-0.3, -0.25) is 0 Å². The Morgan fingerprint density at radius 2 is 0.889 bits per heavy atom. The minimum atomic E-state index is -1.83. The predicted molar refractivity (Wildman–Crippen MR) is 38.6 cm³/mol. The molecule has 0 fully saturated rings. The number of hydrogen-bond acceptors (Lipinski definition) is 1. The molecule has 56 valence electrons. The van der Waals surface area contributed by atoms with Crippen LogP contribution >= 0.6 is 0 Å². The molecule has 8 heteroatoms. The van der Waals surface area contributed by atoms with Crippen molar-refractivity contribution in [1.29, 1.82) is 0 Å². The lowest BCUT2D eigenvalue weighted by atomic mass is 11.5. The molecule has 8 N–H and O–H groups in total. The second-order valence-electron chi connectivity index (χ2n) is 0.283. The van der Waals surface area contributed by atoms with Crippen LogP contribution in [0.5, 0.6) is 0 Å². The quantitative estimate of drug-likeness (QED) is 0.354. The molecule has 0 spiro atoms. The maximum absolute atomic E-state index is 8.56. The summed E-state index contributed by atoms with van der Waals surface area (Å²) in [7, 11) is 0. The van der Waals surface area contributed by atoms with Crippen molar-refractivity contribution in [3.63, 3.8) is 0 Å². The van der Waals surface area contributed by atoms with Gasteiger partial charge in [-0.2, -0.15) is 0 Å². The topological polar surface area (TPSA) is 152 Å². The van der Waals surface area contributed by atoms with Gasteiger partial charge in [0.2, 0.25) is 0 Å². The van der Waals surface area contributed by atoms with Crippen molar-refractivity contribution in [1.82, 2.24) is 0 Å². The second-order valence-corrected chi connectivity index (χ2v) is 0.283. The van der Waals surface area contributed by atoms with Gasteiger partial charge in [0.05, 0.1) is 0 Å². The Balaban J connectivity index is -0.00000000450. The average Bonchev–Trinajstić information content (AvgIpc) is 0.811. The van der Waals surface area contributed by atoms with E-state index < -0.39 is 6.16 Å². The normalized spacial score (nSPS) is 2.67. The zero-order chi connectivity index (χ0) is 3.58. The van der Waals surface area contributed by atoms with E-state index in [1.165, 1.54) is 0 Å². The van der Waals surface area contributed by atoms with E-state index in [-0.39, 0.29) is 62.5 Å². The predicted octanol–water partition coefficient (Wildman–Crippen LogP) is -4.08. The van der Waals surface area contributed by atoms with Gasteiger partial charge in [-0.05, 0) is 0 Å². The number of carbonyl (C=O) groups is 1. The Kier molecular flexibility index (Phi) is 226. The summed E-state index contributed by atoms with van der Waals surface area (Å²) in [6.07, 6.45) is -1.83. The second kappa shape index (κ2) is 37.8. The summed E-state index contributed by atoms with van der Waals surface area (Å²) in [5, 5.41) is 13.9. The lowest BCUT2D eigenvalue weighted by Crippen LogP contribution is -1.81. The van der Waals surface area contributed by atoms with Crippen molar-refractivity contribution >= 4 is 52.3 Å². The Morgan fingerprint density at radius 1 is 0.889 bits per heavy atom. The van der Waals surface area contributed by atoms with Crippen molar-refractivity contribution in [3.8, 4) is 0 Å². The first-order valence-corrected chi connectivity index (χ1v) is 0.651. The molecule has 6 nitrogen and oxygen atoms in total. The molecule has 9 heavy (non-hydrogen) atoms. The van der Waals surface area contributed by atoms with Gasteiger partial charge in [0.1, 0.15) is 0 Å². The van der Waals surface area contributed by atoms with Crippen molar-refractivity contribution in [2.45, 2.75) is 0 Å². The van der Waals surface area contributed by atoms with Gasteiger partial charge in [0.25, 0.3) is 0 Å².